The molecule has 1 amide bonds. The third-order valence-corrected chi connectivity index (χ3v) is 5.16. The highest BCUT2D eigenvalue weighted by atomic mass is 19.4. The second-order valence-corrected chi connectivity index (χ2v) is 7.58. The Labute approximate surface area is 170 Å². The number of hydrogen-bond acceptors (Lipinski definition) is 8. The van der Waals surface area contributed by atoms with Crippen molar-refractivity contribution in [1.82, 2.24) is 19.9 Å². The third-order valence-electron chi connectivity index (χ3n) is 5.16. The molecule has 12 heteroatoms. The summed E-state index contributed by atoms with van der Waals surface area (Å²) in [5.41, 5.74) is 0.319. The van der Waals surface area contributed by atoms with E-state index in [-0.39, 0.29) is 18.5 Å². The number of nitrogens with one attached hydrogen (secondary N) is 3. The minimum Gasteiger partial charge on any atom is -0.369 e. The van der Waals surface area contributed by atoms with Crippen LogP contribution < -0.4 is 20.9 Å². The normalized spacial score (nSPS) is 20.8. The van der Waals surface area contributed by atoms with Crippen molar-refractivity contribution in [3.05, 3.63) is 23.8 Å². The number of likely N-dealkylation sites (N-methyl/N-ethyl adjacent to an activating group) is 1. The van der Waals surface area contributed by atoms with Crippen molar-refractivity contribution in [1.29, 1.82) is 0 Å². The van der Waals surface area contributed by atoms with Crippen molar-refractivity contribution in [2.45, 2.75) is 32.0 Å². The Morgan fingerprint density at radius 1 is 1.23 bits per heavy atom. The van der Waals surface area contributed by atoms with Crippen LogP contribution in [-0.4, -0.2) is 52.0 Å². The maximum atomic E-state index is 12.5. The standard InChI is InChI=1S/C18H21F3N8O/c1-9-15-16(29(2)8-14(30)27-15)28-17(25-9)26-11-3-10(4-11)5-23-13-7-22-12(6-24-13)18(19,20)21/h6-7,10-11H,3-5,8H2,1-2H3,(H,23,24)(H,27,30)(H,25,26,28). The van der Waals surface area contributed by atoms with Crippen molar-refractivity contribution in [3.63, 3.8) is 0 Å². The van der Waals surface area contributed by atoms with Gasteiger partial charge in [0, 0.05) is 19.6 Å². The molecule has 3 heterocycles. The fourth-order valence-electron chi connectivity index (χ4n) is 3.53. The molecule has 0 atom stereocenters. The van der Waals surface area contributed by atoms with E-state index in [1.165, 1.54) is 0 Å². The summed E-state index contributed by atoms with van der Waals surface area (Å²) >= 11 is 0. The van der Waals surface area contributed by atoms with Crippen molar-refractivity contribution >= 4 is 29.2 Å². The van der Waals surface area contributed by atoms with Gasteiger partial charge in [-0.2, -0.15) is 18.2 Å². The molecule has 1 fully saturated rings. The zero-order valence-electron chi connectivity index (χ0n) is 16.4. The highest BCUT2D eigenvalue weighted by Crippen LogP contribution is 2.33. The van der Waals surface area contributed by atoms with Crippen LogP contribution in [0.25, 0.3) is 0 Å². The zero-order chi connectivity index (χ0) is 21.5. The van der Waals surface area contributed by atoms with Gasteiger partial charge >= 0.3 is 6.18 Å². The predicted molar refractivity (Wildman–Crippen MR) is 104 cm³/mol. The molecule has 4 rings (SSSR count). The number of alkyl halides is 3. The van der Waals surface area contributed by atoms with E-state index < -0.39 is 11.9 Å². The number of halogens is 3. The van der Waals surface area contributed by atoms with Gasteiger partial charge < -0.3 is 20.9 Å². The van der Waals surface area contributed by atoms with Gasteiger partial charge in [0.25, 0.3) is 0 Å². The Balaban J connectivity index is 1.28. The minimum absolute atomic E-state index is 0.0931. The number of hydrogen-bond donors (Lipinski definition) is 3. The lowest BCUT2D eigenvalue weighted by molar-refractivity contribution is -0.141. The number of aryl methyl sites for hydroxylation is 1. The lowest BCUT2D eigenvalue weighted by Gasteiger charge is -2.36. The van der Waals surface area contributed by atoms with Gasteiger partial charge in [0.1, 0.15) is 11.5 Å². The number of nitrogens with zero attached hydrogens (tertiary/aromatic N) is 5. The third kappa shape index (κ3) is 4.21. The first-order valence-corrected chi connectivity index (χ1v) is 9.48. The molecule has 0 aromatic carbocycles. The monoisotopic (exact) mass is 422 g/mol. The molecule has 0 saturated heterocycles. The second-order valence-electron chi connectivity index (χ2n) is 7.58. The second kappa shape index (κ2) is 7.58. The molecule has 3 N–H and O–H groups in total. The van der Waals surface area contributed by atoms with E-state index in [0.29, 0.717) is 41.4 Å². The van der Waals surface area contributed by atoms with Gasteiger partial charge in [-0.3, -0.25) is 4.79 Å². The topological polar surface area (TPSA) is 108 Å². The molecule has 1 saturated carbocycles. The van der Waals surface area contributed by atoms with Gasteiger partial charge in [0.2, 0.25) is 11.9 Å². The lowest BCUT2D eigenvalue weighted by atomic mass is 9.80. The van der Waals surface area contributed by atoms with Gasteiger partial charge in [-0.25, -0.2) is 15.0 Å². The Morgan fingerprint density at radius 3 is 2.67 bits per heavy atom. The summed E-state index contributed by atoms with van der Waals surface area (Å²) in [5, 5.41) is 9.14. The van der Waals surface area contributed by atoms with Gasteiger partial charge in [-0.1, -0.05) is 0 Å². The Kier molecular flexibility index (Phi) is 5.08. The lowest BCUT2D eigenvalue weighted by Crippen LogP contribution is -2.40. The molecule has 0 bridgehead atoms. The molecule has 1 aliphatic carbocycles. The van der Waals surface area contributed by atoms with Crippen LogP contribution in [0.3, 0.4) is 0 Å². The summed E-state index contributed by atoms with van der Waals surface area (Å²) in [6.07, 6.45) is -0.935. The molecule has 9 nitrogen and oxygen atoms in total. The van der Waals surface area contributed by atoms with Crippen molar-refractivity contribution in [3.8, 4) is 0 Å². The fourth-order valence-corrected chi connectivity index (χ4v) is 3.53. The van der Waals surface area contributed by atoms with Crippen molar-refractivity contribution < 1.29 is 18.0 Å². The van der Waals surface area contributed by atoms with E-state index in [0.717, 1.165) is 25.2 Å². The molecule has 160 valence electrons. The maximum absolute atomic E-state index is 12.5. The largest absolute Gasteiger partial charge is 0.434 e. The molecule has 30 heavy (non-hydrogen) atoms. The van der Waals surface area contributed by atoms with Crippen LogP contribution in [0.15, 0.2) is 12.4 Å². The molecule has 2 aliphatic rings. The van der Waals surface area contributed by atoms with Crippen LogP contribution >= 0.6 is 0 Å². The highest BCUT2D eigenvalue weighted by molar-refractivity contribution is 6.00. The zero-order valence-corrected chi connectivity index (χ0v) is 16.4. The van der Waals surface area contributed by atoms with Crippen molar-refractivity contribution in [2.75, 3.05) is 41.0 Å². The average molecular weight is 422 g/mol. The number of amides is 1. The summed E-state index contributed by atoms with van der Waals surface area (Å²) in [7, 11) is 1.81. The maximum Gasteiger partial charge on any atom is 0.434 e. The first kappa shape index (κ1) is 20.1. The van der Waals surface area contributed by atoms with Crippen LogP contribution in [0.1, 0.15) is 24.2 Å². The quantitative estimate of drug-likeness (QED) is 0.674. The SMILES string of the molecule is Cc1nc(NC2CC(CNc3cnc(C(F)(F)F)cn3)C2)nc2c1NC(=O)CN2C. The number of rotatable bonds is 5. The summed E-state index contributed by atoms with van der Waals surface area (Å²) in [6, 6.07) is 0.205. The first-order valence-electron chi connectivity index (χ1n) is 9.48. The number of carbonyl (C=O) groups is 1. The molecule has 2 aromatic heterocycles. The van der Waals surface area contributed by atoms with E-state index in [2.05, 4.69) is 35.9 Å². The summed E-state index contributed by atoms with van der Waals surface area (Å²) in [5.74, 6) is 1.78. The minimum atomic E-state index is -4.49. The van der Waals surface area contributed by atoms with Crippen LogP contribution in [0.5, 0.6) is 0 Å². The molecule has 1 aliphatic heterocycles. The molecular weight excluding hydrogens is 401 g/mol. The van der Waals surface area contributed by atoms with Gasteiger partial charge in [-0.05, 0) is 25.7 Å². The molecule has 0 radical (unpaired) electrons. The number of fused-ring (bicyclic) bond motifs is 1. The van der Waals surface area contributed by atoms with Crippen LogP contribution in [0.4, 0.5) is 36.4 Å². The van der Waals surface area contributed by atoms with Crippen molar-refractivity contribution in [2.24, 2.45) is 5.92 Å². The van der Waals surface area contributed by atoms with Crippen LogP contribution in [-0.2, 0) is 11.0 Å². The predicted octanol–water partition coefficient (Wildman–Crippen LogP) is 2.28. The van der Waals surface area contributed by atoms with E-state index in [1.807, 2.05) is 14.0 Å². The first-order chi connectivity index (χ1) is 14.2. The van der Waals surface area contributed by atoms with Gasteiger partial charge in [0.05, 0.1) is 24.6 Å². The van der Waals surface area contributed by atoms with E-state index in [1.54, 1.807) is 4.90 Å². The fraction of sp³-hybridized carbons (Fsp3) is 0.500. The van der Waals surface area contributed by atoms with E-state index >= 15 is 0 Å². The average Bonchev–Trinajstić information content (AvgIpc) is 2.64. The molecule has 0 unspecified atom stereocenters. The molecular formula is C18H21F3N8O. The molecule has 2 aromatic rings. The Hall–Kier alpha value is -3.18. The Bertz CT molecular complexity index is 944. The van der Waals surface area contributed by atoms with Crippen LogP contribution in [0, 0.1) is 12.8 Å². The highest BCUT2D eigenvalue weighted by Gasteiger charge is 2.33. The van der Waals surface area contributed by atoms with E-state index in [4.69, 9.17) is 0 Å². The van der Waals surface area contributed by atoms with E-state index in [9.17, 15) is 18.0 Å². The van der Waals surface area contributed by atoms with Crippen LogP contribution in [0.2, 0.25) is 0 Å². The summed E-state index contributed by atoms with van der Waals surface area (Å²) in [6.45, 7) is 2.66. The van der Waals surface area contributed by atoms with Gasteiger partial charge in [0.15, 0.2) is 11.5 Å². The number of aromatic nitrogens is 4. The summed E-state index contributed by atoms with van der Waals surface area (Å²) in [4.78, 5) is 29.6. The number of carbonyl (C=O) groups excluding carboxylic acids is 1. The smallest absolute Gasteiger partial charge is 0.369 e. The summed E-state index contributed by atoms with van der Waals surface area (Å²) < 4.78 is 37.5. The number of anilines is 4. The Morgan fingerprint density at radius 2 is 2.00 bits per heavy atom. The van der Waals surface area contributed by atoms with Gasteiger partial charge in [-0.15, -0.1) is 0 Å². The molecule has 0 spiro atoms.